The van der Waals surface area contributed by atoms with Crippen LogP contribution in [0.25, 0.3) is 0 Å². The van der Waals surface area contributed by atoms with Gasteiger partial charge in [-0.05, 0) is 24.0 Å². The molecule has 0 spiro atoms. The van der Waals surface area contributed by atoms with Gasteiger partial charge in [0.05, 0.1) is 51.6 Å². The highest BCUT2D eigenvalue weighted by atomic mass is 16.5. The lowest BCUT2D eigenvalue weighted by Crippen LogP contribution is -2.59. The van der Waals surface area contributed by atoms with E-state index in [1.165, 1.54) is 0 Å². The van der Waals surface area contributed by atoms with Gasteiger partial charge in [-0.2, -0.15) is 0 Å². The minimum Gasteiger partial charge on any atom is -0.388 e. The van der Waals surface area contributed by atoms with Crippen LogP contribution in [-0.4, -0.2) is 122 Å². The van der Waals surface area contributed by atoms with Gasteiger partial charge in [-0.1, -0.05) is 60.7 Å². The molecule has 40 heavy (non-hydrogen) atoms. The highest BCUT2D eigenvalue weighted by Crippen LogP contribution is 2.15. The highest BCUT2D eigenvalue weighted by Gasteiger charge is 2.35. The molecule has 4 rings (SSSR count). The van der Waals surface area contributed by atoms with Gasteiger partial charge in [0, 0.05) is 26.2 Å². The largest absolute Gasteiger partial charge is 0.388 e. The number of rotatable bonds is 13. The summed E-state index contributed by atoms with van der Waals surface area (Å²) in [6, 6.07) is 17.6. The second kappa shape index (κ2) is 15.8. The first-order chi connectivity index (χ1) is 19.5. The zero-order valence-electron chi connectivity index (χ0n) is 23.0. The lowest BCUT2D eigenvalue weighted by atomic mass is 9.91. The van der Waals surface area contributed by atoms with Crippen LogP contribution in [0.15, 0.2) is 60.7 Å². The number of aliphatic hydroxyl groups excluding tert-OH is 2. The molecule has 0 bridgehead atoms. The Balaban J connectivity index is 1.47. The van der Waals surface area contributed by atoms with Crippen molar-refractivity contribution in [2.75, 3.05) is 65.7 Å². The predicted molar refractivity (Wildman–Crippen MR) is 151 cm³/mol. The number of hydrogen-bond donors (Lipinski definition) is 4. The highest BCUT2D eigenvalue weighted by molar-refractivity contribution is 5.79. The summed E-state index contributed by atoms with van der Waals surface area (Å²) in [5, 5.41) is 28.9. The van der Waals surface area contributed by atoms with Crippen LogP contribution in [0.2, 0.25) is 0 Å². The number of ether oxygens (including phenoxy) is 2. The monoisotopic (exact) mass is 554 g/mol. The van der Waals surface area contributed by atoms with Crippen molar-refractivity contribution < 1.29 is 29.3 Å². The maximum atomic E-state index is 13.0. The van der Waals surface area contributed by atoms with Crippen LogP contribution in [0, 0.1) is 0 Å². The first kappa shape index (κ1) is 30.1. The Morgan fingerprint density at radius 3 is 1.35 bits per heavy atom. The molecule has 0 radical (unpaired) electrons. The molecule has 2 heterocycles. The van der Waals surface area contributed by atoms with Gasteiger partial charge in [0.2, 0.25) is 11.8 Å². The van der Waals surface area contributed by atoms with Crippen molar-refractivity contribution >= 4 is 11.8 Å². The van der Waals surface area contributed by atoms with Crippen molar-refractivity contribution in [3.63, 3.8) is 0 Å². The SMILES string of the molecule is O=C(CN1CCOCC1)N[C@@H](Cc1ccccc1)[C@@H](O)[C@H](O)[C@H](Cc1ccccc1)NC(=O)CN1CCOCC1. The Morgan fingerprint density at radius 1 is 0.650 bits per heavy atom. The second-order valence-electron chi connectivity index (χ2n) is 10.5. The van der Waals surface area contributed by atoms with E-state index in [2.05, 4.69) is 10.6 Å². The number of carbonyl (C=O) groups is 2. The van der Waals surface area contributed by atoms with E-state index in [0.29, 0.717) is 65.4 Å². The number of aliphatic hydroxyl groups is 2. The van der Waals surface area contributed by atoms with Crippen molar-refractivity contribution in [3.8, 4) is 0 Å². The zero-order chi connectivity index (χ0) is 28.2. The lowest BCUT2D eigenvalue weighted by Gasteiger charge is -2.34. The summed E-state index contributed by atoms with van der Waals surface area (Å²) in [5.74, 6) is -0.463. The van der Waals surface area contributed by atoms with E-state index in [4.69, 9.17) is 9.47 Å². The number of benzene rings is 2. The second-order valence-corrected chi connectivity index (χ2v) is 10.5. The summed E-state index contributed by atoms with van der Waals surface area (Å²) in [4.78, 5) is 30.1. The quantitative estimate of drug-likeness (QED) is 0.269. The molecule has 10 nitrogen and oxygen atoms in total. The van der Waals surface area contributed by atoms with Crippen molar-refractivity contribution in [1.82, 2.24) is 20.4 Å². The van der Waals surface area contributed by atoms with Crippen molar-refractivity contribution in [3.05, 3.63) is 71.8 Å². The van der Waals surface area contributed by atoms with E-state index >= 15 is 0 Å². The van der Waals surface area contributed by atoms with Crippen LogP contribution in [0.5, 0.6) is 0 Å². The van der Waals surface area contributed by atoms with Crippen LogP contribution in [0.3, 0.4) is 0 Å². The topological polar surface area (TPSA) is 124 Å². The molecular formula is C30H42N4O6. The molecule has 0 aromatic heterocycles. The maximum Gasteiger partial charge on any atom is 0.234 e. The number of nitrogens with zero attached hydrogens (tertiary/aromatic N) is 2. The molecule has 10 heteroatoms. The van der Waals surface area contributed by atoms with Crippen LogP contribution in [0.4, 0.5) is 0 Å². The molecule has 2 aliphatic heterocycles. The Hall–Kier alpha value is -2.86. The van der Waals surface area contributed by atoms with E-state index in [9.17, 15) is 19.8 Å². The fourth-order valence-corrected chi connectivity index (χ4v) is 5.16. The number of carbonyl (C=O) groups excluding carboxylic acids is 2. The van der Waals surface area contributed by atoms with Crippen molar-refractivity contribution in [2.45, 2.75) is 37.1 Å². The van der Waals surface area contributed by atoms with E-state index in [-0.39, 0.29) is 24.9 Å². The molecule has 4 atom stereocenters. The van der Waals surface area contributed by atoms with Gasteiger partial charge in [-0.25, -0.2) is 0 Å². The molecule has 2 aromatic carbocycles. The molecule has 0 saturated carbocycles. The summed E-state index contributed by atoms with van der Waals surface area (Å²) < 4.78 is 10.8. The van der Waals surface area contributed by atoms with Gasteiger partial charge in [0.25, 0.3) is 0 Å². The molecule has 2 saturated heterocycles. The Labute approximate surface area is 236 Å². The van der Waals surface area contributed by atoms with E-state index in [0.717, 1.165) is 11.1 Å². The summed E-state index contributed by atoms with van der Waals surface area (Å²) in [6.07, 6.45) is -2.00. The summed E-state index contributed by atoms with van der Waals surface area (Å²) in [7, 11) is 0. The first-order valence-electron chi connectivity index (χ1n) is 14.1. The van der Waals surface area contributed by atoms with Gasteiger partial charge in [0.1, 0.15) is 12.2 Å². The molecule has 2 amide bonds. The molecule has 0 unspecified atom stereocenters. The molecule has 2 aromatic rings. The summed E-state index contributed by atoms with van der Waals surface area (Å²) >= 11 is 0. The zero-order valence-corrected chi connectivity index (χ0v) is 23.0. The maximum absolute atomic E-state index is 13.0. The number of hydrogen-bond acceptors (Lipinski definition) is 8. The van der Waals surface area contributed by atoms with Gasteiger partial charge in [0.15, 0.2) is 0 Å². The smallest absolute Gasteiger partial charge is 0.234 e. The Bertz CT molecular complexity index is 948. The fraction of sp³-hybridized carbons (Fsp3) is 0.533. The van der Waals surface area contributed by atoms with Crippen LogP contribution >= 0.6 is 0 Å². The molecule has 2 aliphatic rings. The first-order valence-corrected chi connectivity index (χ1v) is 14.1. The van der Waals surface area contributed by atoms with Crippen molar-refractivity contribution in [1.29, 1.82) is 0 Å². The minimum absolute atomic E-state index is 0.182. The average Bonchev–Trinajstić information content (AvgIpc) is 2.98. The lowest BCUT2D eigenvalue weighted by molar-refractivity contribution is -0.128. The standard InChI is InChI=1S/C30H42N4O6/c35-27(21-33-11-15-39-16-12-33)31-25(19-23-7-3-1-4-8-23)29(37)30(38)26(20-24-9-5-2-6-10-24)32-28(36)22-34-13-17-40-18-14-34/h1-10,25-26,29-30,37-38H,11-22H2,(H,31,35)(H,32,36)/t25-,26-,29+,30+/m0/s1. The molecule has 0 aliphatic carbocycles. The van der Waals surface area contributed by atoms with Gasteiger partial charge >= 0.3 is 0 Å². The Kier molecular flexibility index (Phi) is 11.9. The number of morpholine rings is 2. The average molecular weight is 555 g/mol. The normalized spacial score (nSPS) is 19.8. The van der Waals surface area contributed by atoms with Crippen LogP contribution in [0.1, 0.15) is 11.1 Å². The fourth-order valence-electron chi connectivity index (χ4n) is 5.16. The van der Waals surface area contributed by atoms with Crippen molar-refractivity contribution in [2.24, 2.45) is 0 Å². The molecule has 2 fully saturated rings. The summed E-state index contributed by atoms with van der Waals surface area (Å²) in [5.41, 5.74) is 1.84. The number of nitrogens with one attached hydrogen (secondary N) is 2. The number of amides is 2. The van der Waals surface area contributed by atoms with Gasteiger partial charge < -0.3 is 30.3 Å². The third-order valence-corrected chi connectivity index (χ3v) is 7.41. The molecule has 4 N–H and O–H groups in total. The van der Waals surface area contributed by atoms with E-state index in [1.54, 1.807) is 0 Å². The minimum atomic E-state index is -1.33. The van der Waals surface area contributed by atoms with Gasteiger partial charge in [-0.15, -0.1) is 0 Å². The summed E-state index contributed by atoms with van der Waals surface area (Å²) in [6.45, 7) is 5.32. The molecular weight excluding hydrogens is 512 g/mol. The van der Waals surface area contributed by atoms with E-state index in [1.807, 2.05) is 70.5 Å². The Morgan fingerprint density at radius 2 is 1.00 bits per heavy atom. The van der Waals surface area contributed by atoms with Crippen LogP contribution < -0.4 is 10.6 Å². The van der Waals surface area contributed by atoms with Crippen LogP contribution in [-0.2, 0) is 31.9 Å². The van der Waals surface area contributed by atoms with Gasteiger partial charge in [-0.3, -0.25) is 19.4 Å². The van der Waals surface area contributed by atoms with E-state index < -0.39 is 24.3 Å². The molecule has 218 valence electrons. The third kappa shape index (κ3) is 9.65. The predicted octanol–water partition coefficient (Wildman–Crippen LogP) is -0.172. The third-order valence-electron chi connectivity index (χ3n) is 7.41.